The summed E-state index contributed by atoms with van der Waals surface area (Å²) in [5.41, 5.74) is 9.52. The van der Waals surface area contributed by atoms with E-state index in [1.807, 2.05) is 0 Å². The molecular weight excluding hydrogens is 258 g/mol. The van der Waals surface area contributed by atoms with Crippen molar-refractivity contribution in [3.63, 3.8) is 0 Å². The molecule has 3 atom stereocenters. The maximum absolute atomic E-state index is 10.5. The van der Waals surface area contributed by atoms with Crippen LogP contribution in [0.5, 0.6) is 0 Å². The summed E-state index contributed by atoms with van der Waals surface area (Å²) in [4.78, 5) is 25.2. The Morgan fingerprint density at radius 2 is 1.81 bits per heavy atom. The van der Waals surface area contributed by atoms with Crippen LogP contribution in [0.2, 0.25) is 0 Å². The Kier molecular flexibility index (Phi) is 7.45. The van der Waals surface area contributed by atoms with Crippen LogP contribution in [0.25, 0.3) is 0 Å². The Morgan fingerprint density at radius 1 is 1.25 bits per heavy atom. The number of carboxylic acid groups (broad SMARTS) is 2. The van der Waals surface area contributed by atoms with Crippen molar-refractivity contribution in [1.29, 1.82) is 0 Å². The maximum Gasteiger partial charge on any atom is 0.324 e. The van der Waals surface area contributed by atoms with Crippen LogP contribution in [0.3, 0.4) is 0 Å². The Labute approximate surface area is 99.2 Å². The number of hydrogen-bond acceptors (Lipinski definition) is 8. The summed E-state index contributed by atoms with van der Waals surface area (Å²) in [7, 11) is 1.95. The first-order chi connectivity index (χ1) is 7.40. The van der Waals surface area contributed by atoms with Crippen LogP contribution in [0.1, 0.15) is 0 Å². The molecule has 94 valence electrons. The van der Waals surface area contributed by atoms with Crippen molar-refractivity contribution in [2.45, 2.75) is 17.5 Å². The second-order valence-electron chi connectivity index (χ2n) is 2.69. The average Bonchev–Trinajstić information content (AvgIpc) is 2.22. The molecule has 0 saturated heterocycles. The summed E-state index contributed by atoms with van der Waals surface area (Å²) in [6.07, 6.45) is 0. The molecule has 0 amide bonds. The fourth-order valence-electron chi connectivity index (χ4n) is 0.535. The van der Waals surface area contributed by atoms with Crippen LogP contribution in [0.15, 0.2) is 0 Å². The highest BCUT2D eigenvalue weighted by molar-refractivity contribution is 8.76. The van der Waals surface area contributed by atoms with Crippen molar-refractivity contribution < 1.29 is 24.6 Å². The van der Waals surface area contributed by atoms with Crippen molar-refractivity contribution in [3.8, 4) is 0 Å². The van der Waals surface area contributed by atoms with Crippen molar-refractivity contribution in [2.75, 3.05) is 5.75 Å². The fraction of sp³-hybridized carbons (Fsp3) is 0.667. The second-order valence-corrected chi connectivity index (χ2v) is 5.20. The first-order valence-corrected chi connectivity index (χ1v) is 6.39. The maximum atomic E-state index is 10.5. The monoisotopic (exact) mass is 271 g/mol. The third-order valence-corrected chi connectivity index (χ3v) is 4.05. The molecule has 0 aromatic carbocycles. The van der Waals surface area contributed by atoms with E-state index in [1.165, 1.54) is 0 Å². The Bertz CT molecular complexity index is 254. The lowest BCUT2D eigenvalue weighted by Crippen LogP contribution is -2.42. The number of nitrogens with two attached hydrogens (primary N) is 3. The summed E-state index contributed by atoms with van der Waals surface area (Å²) in [5, 5.41) is 17.1. The Morgan fingerprint density at radius 3 is 2.19 bits per heavy atom. The molecule has 0 fully saturated rings. The predicted molar refractivity (Wildman–Crippen MR) is 60.3 cm³/mol. The van der Waals surface area contributed by atoms with Crippen LogP contribution in [-0.4, -0.2) is 45.4 Å². The first-order valence-electron chi connectivity index (χ1n) is 4.00. The molecule has 3 unspecified atom stereocenters. The van der Waals surface area contributed by atoms with E-state index in [0.717, 1.165) is 21.6 Å². The lowest BCUT2D eigenvalue weighted by Gasteiger charge is -2.17. The topological polar surface area (TPSA) is 162 Å². The minimum Gasteiger partial charge on any atom is -0.480 e. The van der Waals surface area contributed by atoms with Gasteiger partial charge in [0, 0.05) is 5.75 Å². The highest BCUT2D eigenvalue weighted by atomic mass is 33.1. The van der Waals surface area contributed by atoms with E-state index in [4.69, 9.17) is 27.6 Å². The molecule has 0 spiro atoms. The van der Waals surface area contributed by atoms with E-state index in [9.17, 15) is 9.59 Å². The smallest absolute Gasteiger partial charge is 0.324 e. The van der Waals surface area contributed by atoms with E-state index < -0.39 is 29.5 Å². The molecule has 0 heterocycles. The van der Waals surface area contributed by atoms with Crippen LogP contribution in [-0.2, 0) is 14.4 Å². The lowest BCUT2D eigenvalue weighted by atomic mass is 10.3. The van der Waals surface area contributed by atoms with E-state index in [1.54, 1.807) is 0 Å². The van der Waals surface area contributed by atoms with Gasteiger partial charge in [0.2, 0.25) is 0 Å². The Balaban J connectivity index is 3.97. The molecule has 0 aromatic heterocycles. The van der Waals surface area contributed by atoms with Gasteiger partial charge >= 0.3 is 11.9 Å². The normalized spacial score (nSPS) is 16.4. The number of hydrogen-bond donors (Lipinski definition) is 5. The molecule has 10 heteroatoms. The zero-order valence-corrected chi connectivity index (χ0v) is 9.74. The Hall–Kier alpha value is -0.520. The van der Waals surface area contributed by atoms with Crippen molar-refractivity contribution in [1.82, 2.24) is 0 Å². The molecule has 8 N–H and O–H groups in total. The van der Waals surface area contributed by atoms with Gasteiger partial charge in [-0.15, -0.1) is 0 Å². The molecule has 16 heavy (non-hydrogen) atoms. The minimum absolute atomic E-state index is 0.0895. The molecular formula is C6H13N3O5S2. The molecule has 0 aliphatic rings. The van der Waals surface area contributed by atoms with Gasteiger partial charge in [-0.1, -0.05) is 21.6 Å². The molecule has 0 aliphatic heterocycles. The zero-order chi connectivity index (χ0) is 12.7. The van der Waals surface area contributed by atoms with E-state index in [-0.39, 0.29) is 5.75 Å². The highest BCUT2D eigenvalue weighted by Crippen LogP contribution is 2.28. The third kappa shape index (κ3) is 5.53. The average molecular weight is 271 g/mol. The summed E-state index contributed by atoms with van der Waals surface area (Å²) < 4.78 is 0. The summed E-state index contributed by atoms with van der Waals surface area (Å²) in [6.45, 7) is 0. The fourth-order valence-corrected chi connectivity index (χ4v) is 2.89. The SMILES string of the molecule is NOC(SSCC(N)C(=O)O)C(N)C(=O)O. The van der Waals surface area contributed by atoms with Gasteiger partial charge < -0.3 is 21.7 Å². The first kappa shape index (κ1) is 15.5. The quantitative estimate of drug-likeness (QED) is 0.197. The van der Waals surface area contributed by atoms with Gasteiger partial charge in [-0.2, -0.15) is 0 Å². The van der Waals surface area contributed by atoms with Gasteiger partial charge in [-0.3, -0.25) is 14.4 Å². The van der Waals surface area contributed by atoms with Crippen molar-refractivity contribution in [2.24, 2.45) is 17.4 Å². The van der Waals surface area contributed by atoms with Crippen molar-refractivity contribution >= 4 is 33.5 Å². The predicted octanol–water partition coefficient (Wildman–Crippen LogP) is -1.59. The van der Waals surface area contributed by atoms with E-state index in [2.05, 4.69) is 4.84 Å². The number of carbonyl (C=O) groups is 2. The molecule has 0 rings (SSSR count). The third-order valence-electron chi connectivity index (χ3n) is 1.44. The zero-order valence-electron chi connectivity index (χ0n) is 8.11. The number of rotatable bonds is 8. The molecule has 8 nitrogen and oxygen atoms in total. The van der Waals surface area contributed by atoms with E-state index in [0.29, 0.717) is 0 Å². The highest BCUT2D eigenvalue weighted by Gasteiger charge is 2.26. The second kappa shape index (κ2) is 7.70. The van der Waals surface area contributed by atoms with Gasteiger partial charge in [0.05, 0.1) is 0 Å². The number of carboxylic acids is 2. The van der Waals surface area contributed by atoms with Gasteiger partial charge in [0.15, 0.2) is 5.44 Å². The summed E-state index contributed by atoms with van der Waals surface area (Å²) in [5.74, 6) is 2.56. The molecule has 0 radical (unpaired) electrons. The molecule has 0 bridgehead atoms. The van der Waals surface area contributed by atoms with Gasteiger partial charge in [-0.25, -0.2) is 5.90 Å². The van der Waals surface area contributed by atoms with E-state index >= 15 is 0 Å². The lowest BCUT2D eigenvalue weighted by molar-refractivity contribution is -0.141. The van der Waals surface area contributed by atoms with Crippen LogP contribution < -0.4 is 17.4 Å². The van der Waals surface area contributed by atoms with Gasteiger partial charge in [0.1, 0.15) is 12.1 Å². The molecule has 0 aromatic rings. The summed E-state index contributed by atoms with van der Waals surface area (Å²) >= 11 is 0. The van der Waals surface area contributed by atoms with Gasteiger partial charge in [-0.05, 0) is 0 Å². The summed E-state index contributed by atoms with van der Waals surface area (Å²) in [6, 6.07) is -2.32. The molecule has 0 aliphatic carbocycles. The number of aliphatic carboxylic acids is 2. The van der Waals surface area contributed by atoms with Crippen LogP contribution in [0.4, 0.5) is 0 Å². The minimum atomic E-state index is -1.29. The standard InChI is InChI=1S/C6H13N3O5S2/c7-2(4(10)11)1-15-16-6(14-9)3(8)5(12)13/h2-3,6H,1,7-9H2,(H,10,11)(H,12,13). The largest absolute Gasteiger partial charge is 0.480 e. The van der Waals surface area contributed by atoms with Crippen molar-refractivity contribution in [3.05, 3.63) is 0 Å². The van der Waals surface area contributed by atoms with Gasteiger partial charge in [0.25, 0.3) is 0 Å². The van der Waals surface area contributed by atoms with Crippen LogP contribution in [0, 0.1) is 0 Å². The molecule has 0 saturated carbocycles. The van der Waals surface area contributed by atoms with Crippen LogP contribution >= 0.6 is 21.6 Å².